The van der Waals surface area contributed by atoms with E-state index in [0.29, 0.717) is 5.56 Å². The van der Waals surface area contributed by atoms with E-state index in [9.17, 15) is 60.7 Å². The van der Waals surface area contributed by atoms with Gasteiger partial charge in [-0.05, 0) is 48.9 Å². The molecule has 1 aromatic heterocycles. The van der Waals surface area contributed by atoms with Crippen molar-refractivity contribution >= 4 is 23.0 Å². The lowest BCUT2D eigenvalue weighted by Crippen LogP contribution is -2.64. The number of esters is 1. The molecule has 0 aliphatic carbocycles. The Bertz CT molecular complexity index is 2080. The number of carbonyl (C=O) groups excluding carboxylic acids is 1. The van der Waals surface area contributed by atoms with E-state index in [4.69, 9.17) is 28.1 Å². The van der Waals surface area contributed by atoms with E-state index in [1.54, 1.807) is 12.1 Å². The molecule has 3 aromatic carbocycles. The molecule has 2 saturated heterocycles. The Hall–Kier alpha value is -5.44. The number of hydrogen-bond acceptors (Lipinski definition) is 18. The summed E-state index contributed by atoms with van der Waals surface area (Å²) in [5.41, 5.74) is -0.764. The lowest BCUT2D eigenvalue weighted by molar-refractivity contribution is -0.349. The third kappa shape index (κ3) is 7.77. The molecule has 0 saturated carbocycles. The minimum absolute atomic E-state index is 0.0278. The van der Waals surface area contributed by atoms with Crippen LogP contribution in [0.25, 0.3) is 28.4 Å². The first-order chi connectivity index (χ1) is 25.6. The van der Waals surface area contributed by atoms with Crippen LogP contribution in [0.2, 0.25) is 0 Å². The van der Waals surface area contributed by atoms with Crippen LogP contribution in [0.1, 0.15) is 12.5 Å². The summed E-state index contributed by atoms with van der Waals surface area (Å²) in [4.78, 5) is 26.0. The molecule has 3 heterocycles. The van der Waals surface area contributed by atoms with Crippen LogP contribution >= 0.6 is 0 Å². The van der Waals surface area contributed by atoms with Crippen molar-refractivity contribution in [3.63, 3.8) is 0 Å². The smallest absolute Gasteiger partial charge is 0.330 e. The highest BCUT2D eigenvalue weighted by Gasteiger charge is 2.50. The zero-order chi connectivity index (χ0) is 39.0. The molecule has 0 radical (unpaired) electrons. The van der Waals surface area contributed by atoms with Gasteiger partial charge in [0.1, 0.15) is 77.6 Å². The molecule has 2 aliphatic heterocycles. The quantitative estimate of drug-likeness (QED) is 0.0623. The number of rotatable bonds is 9. The minimum atomic E-state index is -2.00. The van der Waals surface area contributed by atoms with Gasteiger partial charge in [0.15, 0.2) is 23.5 Å². The fraction of sp³-hybridized carbons (Fsp3) is 0.333. The van der Waals surface area contributed by atoms with Gasteiger partial charge < -0.3 is 79.2 Å². The van der Waals surface area contributed by atoms with Crippen LogP contribution in [0.15, 0.2) is 69.9 Å². The molecular formula is C36H36O18. The fourth-order valence-corrected chi connectivity index (χ4v) is 5.92. The highest BCUT2D eigenvalue weighted by Crippen LogP contribution is 2.40. The second kappa shape index (κ2) is 15.5. The second-order valence-electron chi connectivity index (χ2n) is 12.6. The molecule has 18 heteroatoms. The van der Waals surface area contributed by atoms with Gasteiger partial charge in [0.2, 0.25) is 17.5 Å². The summed E-state index contributed by atoms with van der Waals surface area (Å²) in [7, 11) is 0. The first kappa shape index (κ1) is 38.3. The van der Waals surface area contributed by atoms with Crippen molar-refractivity contribution in [2.24, 2.45) is 0 Å². The number of aromatic hydroxyl groups is 5. The molecule has 54 heavy (non-hydrogen) atoms. The number of carbonyl (C=O) groups is 1. The zero-order valence-electron chi connectivity index (χ0n) is 28.1. The summed E-state index contributed by atoms with van der Waals surface area (Å²) in [6, 6.07) is 11.2. The van der Waals surface area contributed by atoms with Crippen molar-refractivity contribution in [2.75, 3.05) is 6.61 Å². The normalized spacial score (nSPS) is 28.6. The number of aliphatic hydroxyl groups is 5. The molecule has 0 bridgehead atoms. The number of fused-ring (bicyclic) bond motifs is 1. The van der Waals surface area contributed by atoms with Gasteiger partial charge in [-0.15, -0.1) is 0 Å². The van der Waals surface area contributed by atoms with Crippen LogP contribution in [0, 0.1) is 0 Å². The average molecular weight is 757 g/mol. The van der Waals surface area contributed by atoms with Gasteiger partial charge >= 0.3 is 5.97 Å². The predicted molar refractivity (Wildman–Crippen MR) is 181 cm³/mol. The second-order valence-corrected chi connectivity index (χ2v) is 12.6. The maximum atomic E-state index is 13.7. The van der Waals surface area contributed by atoms with Gasteiger partial charge in [-0.1, -0.05) is 12.1 Å². The van der Waals surface area contributed by atoms with E-state index < -0.39 is 119 Å². The van der Waals surface area contributed by atoms with Gasteiger partial charge in [0, 0.05) is 23.8 Å². The van der Waals surface area contributed by atoms with E-state index in [1.807, 2.05) is 0 Å². The van der Waals surface area contributed by atoms with E-state index >= 15 is 0 Å². The van der Waals surface area contributed by atoms with Crippen LogP contribution in [-0.4, -0.2) is 125 Å². The first-order valence-electron chi connectivity index (χ1n) is 16.3. The largest absolute Gasteiger partial charge is 0.508 e. The summed E-state index contributed by atoms with van der Waals surface area (Å²) in [6.07, 6.45) is -14.7. The van der Waals surface area contributed by atoms with Crippen LogP contribution in [-0.2, 0) is 23.7 Å². The Morgan fingerprint density at radius 1 is 0.759 bits per heavy atom. The summed E-state index contributed by atoms with van der Waals surface area (Å²) < 4.78 is 33.8. The highest BCUT2D eigenvalue weighted by molar-refractivity contribution is 5.88. The van der Waals surface area contributed by atoms with Crippen molar-refractivity contribution < 1.29 is 84.0 Å². The van der Waals surface area contributed by atoms with Gasteiger partial charge in [0.25, 0.3) is 0 Å². The Kier molecular flexibility index (Phi) is 11.0. The van der Waals surface area contributed by atoms with Crippen LogP contribution < -0.4 is 10.2 Å². The Morgan fingerprint density at radius 2 is 1.46 bits per heavy atom. The number of hydrogen-bond donors (Lipinski definition) is 10. The SMILES string of the molecule is C[C@@H]1O[C@H](Oc2c(-c3ccc(O)c(O)c3)oc3cc(O)cc(O)c3c2=O)[C@@H](O)[C@H](O)[C@H]1O[C@H]1O[C@@H](COC(=O)/C=C/c2ccc(O)cc2)[C@H](O)[C@@H](O)[C@@H]1O. The first-order valence-corrected chi connectivity index (χ1v) is 16.3. The van der Waals surface area contributed by atoms with Crippen molar-refractivity contribution in [2.45, 2.75) is 68.3 Å². The van der Waals surface area contributed by atoms with Crippen LogP contribution in [0.5, 0.6) is 34.5 Å². The summed E-state index contributed by atoms with van der Waals surface area (Å²) in [6.45, 7) is 0.763. The molecule has 0 amide bonds. The standard InChI is InChI=1S/C36H36O18/c1-14-32(53-36-30(47)28(45)26(43)23(52-36)13-49-24(42)9-4-15-2-6-17(37)7-3-15)29(46)31(48)35(50-14)54-34-27(44)25-21(41)11-18(38)12-22(25)51-33(34)16-5-8-19(39)20(40)10-16/h2-12,14,23,26,28-32,35-41,43,45-48H,13H2,1H3/b9-4+/t14-,23-,26-,28+,29-,30-,31-,32-,35+,36+/m0/s1. The lowest BCUT2D eigenvalue weighted by atomic mass is 9.97. The van der Waals surface area contributed by atoms with Gasteiger partial charge in [-0.2, -0.15) is 0 Å². The third-order valence-corrected chi connectivity index (χ3v) is 8.82. The predicted octanol–water partition coefficient (Wildman–Crippen LogP) is 0.283. The van der Waals surface area contributed by atoms with Gasteiger partial charge in [-0.25, -0.2) is 4.79 Å². The summed E-state index contributed by atoms with van der Waals surface area (Å²) in [5.74, 6) is -4.13. The number of phenols is 5. The maximum absolute atomic E-state index is 13.7. The van der Waals surface area contributed by atoms with Gasteiger partial charge in [-0.3, -0.25) is 4.79 Å². The average Bonchev–Trinajstić information content (AvgIpc) is 3.13. The Morgan fingerprint density at radius 3 is 2.17 bits per heavy atom. The molecule has 6 rings (SSSR count). The maximum Gasteiger partial charge on any atom is 0.330 e. The van der Waals surface area contributed by atoms with Crippen molar-refractivity contribution in [1.29, 1.82) is 0 Å². The van der Waals surface area contributed by atoms with Crippen molar-refractivity contribution in [1.82, 2.24) is 0 Å². The highest BCUT2D eigenvalue weighted by atomic mass is 16.7. The number of ether oxygens (including phenoxy) is 5. The van der Waals surface area contributed by atoms with Crippen molar-refractivity contribution in [3.05, 3.63) is 76.5 Å². The lowest BCUT2D eigenvalue weighted by Gasteiger charge is -2.45. The molecule has 0 unspecified atom stereocenters. The number of benzene rings is 3. The molecule has 288 valence electrons. The molecule has 18 nitrogen and oxygen atoms in total. The summed E-state index contributed by atoms with van der Waals surface area (Å²) >= 11 is 0. The summed E-state index contributed by atoms with van der Waals surface area (Å²) in [5, 5.41) is 103. The van der Waals surface area contributed by atoms with E-state index in [0.717, 1.165) is 30.3 Å². The molecule has 2 fully saturated rings. The number of phenolic OH excluding ortho intramolecular Hbond substituents is 5. The van der Waals surface area contributed by atoms with Gasteiger partial charge in [0.05, 0.1) is 6.10 Å². The fourth-order valence-electron chi connectivity index (χ4n) is 5.92. The molecule has 10 atom stereocenters. The molecule has 4 aromatic rings. The third-order valence-electron chi connectivity index (χ3n) is 8.82. The zero-order valence-corrected chi connectivity index (χ0v) is 28.1. The minimum Gasteiger partial charge on any atom is -0.508 e. The van der Waals surface area contributed by atoms with E-state index in [1.165, 1.54) is 31.2 Å². The topological polar surface area (TPSA) is 296 Å². The molecule has 0 spiro atoms. The van der Waals surface area contributed by atoms with Crippen LogP contribution in [0.3, 0.4) is 0 Å². The Labute approximate surface area is 304 Å². The molecule has 2 aliphatic rings. The van der Waals surface area contributed by atoms with Crippen LogP contribution in [0.4, 0.5) is 0 Å². The monoisotopic (exact) mass is 756 g/mol. The Balaban J connectivity index is 1.18. The molecular weight excluding hydrogens is 720 g/mol. The van der Waals surface area contributed by atoms with Crippen molar-refractivity contribution in [3.8, 4) is 45.8 Å². The van der Waals surface area contributed by atoms with E-state index in [2.05, 4.69) is 0 Å². The number of aliphatic hydroxyl groups excluding tert-OH is 5. The van der Waals surface area contributed by atoms with E-state index in [-0.39, 0.29) is 16.9 Å². The molecule has 10 N–H and O–H groups in total.